The number of carbonyl (C=O) groups is 1. The minimum atomic E-state index is 0.416. The Morgan fingerprint density at radius 3 is 2.07 bits per heavy atom. The van der Waals surface area contributed by atoms with E-state index >= 15 is 0 Å². The van der Waals surface area contributed by atoms with Crippen LogP contribution in [0.4, 0.5) is 0 Å². The zero-order valence-corrected chi connectivity index (χ0v) is 28.8. The van der Waals surface area contributed by atoms with E-state index in [-0.39, 0.29) is 0 Å². The van der Waals surface area contributed by atoms with E-state index in [2.05, 4.69) is 33.8 Å². The van der Waals surface area contributed by atoms with Gasteiger partial charge in [0.1, 0.15) is 0 Å². The zero-order valence-electron chi connectivity index (χ0n) is 28.0. The van der Waals surface area contributed by atoms with Crippen LogP contribution in [-0.2, 0) is 4.79 Å². The molecule has 1 nitrogen and oxygen atoms in total. The summed E-state index contributed by atoms with van der Waals surface area (Å²) in [5.41, 5.74) is 2.78. The lowest BCUT2D eigenvalue weighted by molar-refractivity contribution is -0.111. The summed E-state index contributed by atoms with van der Waals surface area (Å²) in [6.07, 6.45) is 36.7. The molecule has 0 aromatic carbocycles. The van der Waals surface area contributed by atoms with Gasteiger partial charge in [-0.05, 0) is 98.7 Å². The molecule has 0 unspecified atom stereocenters. The van der Waals surface area contributed by atoms with Gasteiger partial charge in [-0.25, -0.2) is 0 Å². The second kappa shape index (κ2) is 16.7. The molecule has 2 heteroatoms. The molecule has 0 amide bonds. The maximum atomic E-state index is 12.9. The molecule has 0 saturated heterocycles. The summed E-state index contributed by atoms with van der Waals surface area (Å²) in [5, 5.41) is 1.02. The molecule has 0 bridgehead atoms. The minimum Gasteiger partial charge on any atom is -0.287 e. The predicted octanol–water partition coefficient (Wildman–Crippen LogP) is 12.9. The zero-order chi connectivity index (χ0) is 29.1. The van der Waals surface area contributed by atoms with E-state index in [1.807, 2.05) is 0 Å². The first-order chi connectivity index (χ1) is 19.9. The maximum absolute atomic E-state index is 12.9. The van der Waals surface area contributed by atoms with Gasteiger partial charge in [-0.2, -0.15) is 0 Å². The Bertz CT molecular complexity index is 816. The summed E-state index contributed by atoms with van der Waals surface area (Å²) < 4.78 is 0. The number of fused-ring (bicyclic) bond motifs is 5. The molecule has 0 aliphatic heterocycles. The normalized spacial score (nSPS) is 34.5. The number of rotatable bonds is 18. The van der Waals surface area contributed by atoms with E-state index in [0.29, 0.717) is 21.2 Å². The fraction of sp³-hybridized carbons (Fsp3) is 0.923. The van der Waals surface area contributed by atoms with Crippen LogP contribution in [0.1, 0.15) is 188 Å². The Kier molecular flexibility index (Phi) is 13.7. The molecule has 0 aromatic rings. The molecule has 0 heterocycles. The highest BCUT2D eigenvalue weighted by Gasteiger charge is 2.58. The van der Waals surface area contributed by atoms with Crippen molar-refractivity contribution >= 4 is 16.9 Å². The topological polar surface area (TPSA) is 17.1 Å². The van der Waals surface area contributed by atoms with E-state index in [9.17, 15) is 4.79 Å². The Hall–Kier alpha value is -0.240. The molecule has 0 radical (unpaired) electrons. The third-order valence-electron chi connectivity index (χ3n) is 12.9. The third-order valence-corrected chi connectivity index (χ3v) is 14.1. The van der Waals surface area contributed by atoms with Crippen molar-refractivity contribution in [2.45, 2.75) is 193 Å². The Labute approximate surface area is 260 Å². The monoisotopic (exact) mass is 584 g/mol. The number of carbonyl (C=O) groups excluding carboxylic acids is 1. The van der Waals surface area contributed by atoms with Crippen LogP contribution in [0.3, 0.4) is 0 Å². The SMILES string of the molecule is CCCCCCCCCCCC(=O)S[C@H]1CC[C@@]2(C)C(=CC[C@H]3[C@H]4CC[C@@H](CCCCCCCC)[C@@]4(C)CC[C@@H]32)C1. The van der Waals surface area contributed by atoms with Crippen molar-refractivity contribution in [3.63, 3.8) is 0 Å². The summed E-state index contributed by atoms with van der Waals surface area (Å²) >= 11 is 1.73. The molecular weight excluding hydrogens is 516 g/mol. The fourth-order valence-electron chi connectivity index (χ4n) is 10.3. The highest BCUT2D eigenvalue weighted by atomic mass is 32.2. The number of allylic oxidation sites excluding steroid dienone is 2. The summed E-state index contributed by atoms with van der Waals surface area (Å²) in [6.45, 7) is 9.98. The van der Waals surface area contributed by atoms with Gasteiger partial charge in [0, 0.05) is 11.7 Å². The van der Waals surface area contributed by atoms with Crippen molar-refractivity contribution < 1.29 is 4.79 Å². The van der Waals surface area contributed by atoms with Crippen molar-refractivity contribution in [2.24, 2.45) is 34.5 Å². The number of unbranched alkanes of at least 4 members (excludes halogenated alkanes) is 13. The van der Waals surface area contributed by atoms with Gasteiger partial charge in [-0.1, -0.05) is 141 Å². The van der Waals surface area contributed by atoms with Crippen molar-refractivity contribution in [3.05, 3.63) is 11.6 Å². The van der Waals surface area contributed by atoms with Crippen molar-refractivity contribution in [1.82, 2.24) is 0 Å². The number of thioether (sulfide) groups is 1. The molecular formula is C39H68OS. The Balaban J connectivity index is 1.20. The lowest BCUT2D eigenvalue weighted by Crippen LogP contribution is -2.50. The highest BCUT2D eigenvalue weighted by Crippen LogP contribution is 2.67. The van der Waals surface area contributed by atoms with Crippen molar-refractivity contribution in [1.29, 1.82) is 0 Å². The average molecular weight is 585 g/mol. The molecule has 3 saturated carbocycles. The quantitative estimate of drug-likeness (QED) is 0.118. The van der Waals surface area contributed by atoms with Crippen LogP contribution in [0, 0.1) is 34.5 Å². The van der Waals surface area contributed by atoms with Crippen LogP contribution >= 0.6 is 11.8 Å². The third kappa shape index (κ3) is 8.69. The number of hydrogen-bond acceptors (Lipinski definition) is 2. The van der Waals surface area contributed by atoms with Gasteiger partial charge in [0.25, 0.3) is 0 Å². The molecule has 236 valence electrons. The van der Waals surface area contributed by atoms with Gasteiger partial charge < -0.3 is 0 Å². The second-order valence-electron chi connectivity index (χ2n) is 15.6. The van der Waals surface area contributed by atoms with Crippen LogP contribution in [-0.4, -0.2) is 10.4 Å². The molecule has 0 spiro atoms. The van der Waals surface area contributed by atoms with Crippen molar-refractivity contribution in [3.8, 4) is 0 Å². The van der Waals surface area contributed by atoms with Gasteiger partial charge in [0.15, 0.2) is 5.12 Å². The van der Waals surface area contributed by atoms with Gasteiger partial charge in [-0.15, -0.1) is 0 Å². The lowest BCUT2D eigenvalue weighted by Gasteiger charge is -2.58. The summed E-state index contributed by atoms with van der Waals surface area (Å²) in [4.78, 5) is 12.9. The van der Waals surface area contributed by atoms with Gasteiger partial charge in [0.2, 0.25) is 0 Å². The molecule has 4 aliphatic carbocycles. The van der Waals surface area contributed by atoms with Gasteiger partial charge >= 0.3 is 0 Å². The Morgan fingerprint density at radius 1 is 0.756 bits per heavy atom. The molecule has 3 fully saturated rings. The van der Waals surface area contributed by atoms with E-state index < -0.39 is 0 Å². The first-order valence-electron chi connectivity index (χ1n) is 18.8. The maximum Gasteiger partial charge on any atom is 0.189 e. The lowest BCUT2D eigenvalue weighted by atomic mass is 9.47. The summed E-state index contributed by atoms with van der Waals surface area (Å²) in [5.74, 6) is 3.78. The van der Waals surface area contributed by atoms with Crippen LogP contribution in [0.15, 0.2) is 11.6 Å². The molecule has 41 heavy (non-hydrogen) atoms. The first kappa shape index (κ1) is 33.6. The van der Waals surface area contributed by atoms with E-state index in [1.165, 1.54) is 148 Å². The minimum absolute atomic E-state index is 0.416. The molecule has 0 aromatic heterocycles. The average Bonchev–Trinajstić information content (AvgIpc) is 3.30. The largest absolute Gasteiger partial charge is 0.287 e. The second-order valence-corrected chi connectivity index (χ2v) is 16.9. The molecule has 4 aliphatic rings. The molecule has 7 atom stereocenters. The first-order valence-corrected chi connectivity index (χ1v) is 19.7. The van der Waals surface area contributed by atoms with E-state index in [4.69, 9.17) is 0 Å². The fourth-order valence-corrected chi connectivity index (χ4v) is 11.4. The van der Waals surface area contributed by atoms with Crippen LogP contribution in [0.2, 0.25) is 0 Å². The number of hydrogen-bond donors (Lipinski definition) is 0. The smallest absolute Gasteiger partial charge is 0.189 e. The highest BCUT2D eigenvalue weighted by molar-refractivity contribution is 8.14. The van der Waals surface area contributed by atoms with E-state index in [1.54, 1.807) is 17.3 Å². The van der Waals surface area contributed by atoms with E-state index in [0.717, 1.165) is 36.5 Å². The summed E-state index contributed by atoms with van der Waals surface area (Å²) in [6, 6.07) is 0. The Morgan fingerprint density at radius 2 is 1.39 bits per heavy atom. The van der Waals surface area contributed by atoms with Crippen LogP contribution < -0.4 is 0 Å². The molecule has 0 N–H and O–H groups in total. The van der Waals surface area contributed by atoms with Gasteiger partial charge in [-0.3, -0.25) is 4.79 Å². The van der Waals surface area contributed by atoms with Crippen molar-refractivity contribution in [2.75, 3.05) is 0 Å². The van der Waals surface area contributed by atoms with Crippen LogP contribution in [0.5, 0.6) is 0 Å². The standard InChI is InChI=1S/C39H68OS/c1-5-7-9-11-13-14-15-17-19-21-37(40)41-33-26-28-39(4)32(30-33)22-24-34-35-25-23-31(20-18-16-12-10-8-6-2)38(35,3)29-27-36(34)39/h22,31,33-36H,5-21,23-30H2,1-4H3/t31-,33+,34+,35-,36+,38-,39+/m1/s1. The molecule has 4 rings (SSSR count). The van der Waals surface area contributed by atoms with Gasteiger partial charge in [0.05, 0.1) is 0 Å². The van der Waals surface area contributed by atoms with Crippen LogP contribution in [0.25, 0.3) is 0 Å². The summed E-state index contributed by atoms with van der Waals surface area (Å²) in [7, 11) is 0. The predicted molar refractivity (Wildman–Crippen MR) is 181 cm³/mol.